The third-order valence-electron chi connectivity index (χ3n) is 2.77. The van der Waals surface area contributed by atoms with Gasteiger partial charge in [0.15, 0.2) is 0 Å². The maximum Gasteiger partial charge on any atom is 0.287 e. The topological polar surface area (TPSA) is 33.9 Å². The molecule has 0 atom stereocenters. The SMILES string of the molecule is [C-]#[N+]C1=C(OC)CCN(c2ccc(I)cc2)C1=O. The van der Waals surface area contributed by atoms with E-state index < -0.39 is 0 Å². The van der Waals surface area contributed by atoms with Crippen LogP contribution in [0, 0.1) is 10.1 Å². The van der Waals surface area contributed by atoms with Crippen LogP contribution in [0.1, 0.15) is 6.42 Å². The number of rotatable bonds is 2. The zero-order valence-corrected chi connectivity index (χ0v) is 12.0. The largest absolute Gasteiger partial charge is 0.512 e. The van der Waals surface area contributed by atoms with Crippen molar-refractivity contribution in [2.24, 2.45) is 0 Å². The van der Waals surface area contributed by atoms with Gasteiger partial charge in [0.2, 0.25) is 0 Å². The van der Waals surface area contributed by atoms with Gasteiger partial charge in [0.05, 0.1) is 13.7 Å². The Kier molecular flexibility index (Phi) is 3.87. The lowest BCUT2D eigenvalue weighted by Crippen LogP contribution is -2.37. The van der Waals surface area contributed by atoms with Crippen LogP contribution in [0.15, 0.2) is 35.7 Å². The lowest BCUT2D eigenvalue weighted by Gasteiger charge is -2.27. The Morgan fingerprint density at radius 1 is 1.39 bits per heavy atom. The number of carbonyl (C=O) groups is 1. The molecule has 18 heavy (non-hydrogen) atoms. The van der Waals surface area contributed by atoms with E-state index in [4.69, 9.17) is 11.3 Å². The van der Waals surface area contributed by atoms with E-state index in [1.54, 1.807) is 4.90 Å². The number of amides is 1. The first-order valence-corrected chi connectivity index (χ1v) is 6.47. The van der Waals surface area contributed by atoms with Gasteiger partial charge in [-0.05, 0) is 46.9 Å². The van der Waals surface area contributed by atoms with Gasteiger partial charge in [0.25, 0.3) is 11.6 Å². The number of halogens is 1. The zero-order chi connectivity index (χ0) is 13.1. The Balaban J connectivity index is 2.34. The third-order valence-corrected chi connectivity index (χ3v) is 3.49. The third kappa shape index (κ3) is 2.34. The van der Waals surface area contributed by atoms with Gasteiger partial charge in [0.1, 0.15) is 5.76 Å². The molecule has 5 heteroatoms. The number of nitrogens with zero attached hydrogens (tertiary/aromatic N) is 2. The maximum atomic E-state index is 12.2. The summed E-state index contributed by atoms with van der Waals surface area (Å²) in [4.78, 5) is 17.1. The second-order valence-electron chi connectivity index (χ2n) is 3.77. The van der Waals surface area contributed by atoms with Crippen LogP contribution in [0.3, 0.4) is 0 Å². The molecule has 1 aromatic rings. The lowest BCUT2D eigenvalue weighted by molar-refractivity contribution is -0.115. The Morgan fingerprint density at radius 2 is 2.06 bits per heavy atom. The Bertz CT molecular complexity index is 543. The number of anilines is 1. The summed E-state index contributed by atoms with van der Waals surface area (Å²) in [6.07, 6.45) is 0.575. The fourth-order valence-electron chi connectivity index (χ4n) is 1.86. The van der Waals surface area contributed by atoms with Crippen molar-refractivity contribution in [3.63, 3.8) is 0 Å². The van der Waals surface area contributed by atoms with E-state index in [0.717, 1.165) is 9.26 Å². The van der Waals surface area contributed by atoms with Crippen molar-refractivity contribution in [2.75, 3.05) is 18.6 Å². The van der Waals surface area contributed by atoms with Gasteiger partial charge < -0.3 is 9.64 Å². The number of hydrogen-bond acceptors (Lipinski definition) is 2. The molecule has 0 spiro atoms. The van der Waals surface area contributed by atoms with Crippen LogP contribution < -0.4 is 4.90 Å². The summed E-state index contributed by atoms with van der Waals surface area (Å²) >= 11 is 2.21. The quantitative estimate of drug-likeness (QED) is 0.605. The van der Waals surface area contributed by atoms with Gasteiger partial charge in [-0.25, -0.2) is 4.85 Å². The van der Waals surface area contributed by atoms with Crippen LogP contribution in [-0.4, -0.2) is 19.6 Å². The summed E-state index contributed by atoms with van der Waals surface area (Å²) in [5.41, 5.74) is 0.902. The normalized spacial score (nSPS) is 15.6. The molecule has 0 aromatic heterocycles. The van der Waals surface area contributed by atoms with Gasteiger partial charge in [-0.3, -0.25) is 4.79 Å². The molecule has 0 unspecified atom stereocenters. The molecule has 1 heterocycles. The van der Waals surface area contributed by atoms with E-state index >= 15 is 0 Å². The molecule has 0 saturated heterocycles. The Hall–Kier alpha value is -1.55. The van der Waals surface area contributed by atoms with E-state index in [1.165, 1.54) is 7.11 Å². The molecule has 92 valence electrons. The summed E-state index contributed by atoms with van der Waals surface area (Å²) in [5, 5.41) is 0. The van der Waals surface area contributed by atoms with Crippen molar-refractivity contribution >= 4 is 34.2 Å². The highest BCUT2D eigenvalue weighted by molar-refractivity contribution is 14.1. The molecule has 0 saturated carbocycles. The molecular formula is C13H11IN2O2. The molecule has 1 aliphatic heterocycles. The summed E-state index contributed by atoms with van der Waals surface area (Å²) in [6, 6.07) is 7.66. The molecule has 0 fully saturated rings. The van der Waals surface area contributed by atoms with Crippen LogP contribution in [0.25, 0.3) is 4.85 Å². The summed E-state index contributed by atoms with van der Waals surface area (Å²) in [5.74, 6) is 0.200. The first-order chi connectivity index (χ1) is 8.67. The monoisotopic (exact) mass is 354 g/mol. The fourth-order valence-corrected chi connectivity index (χ4v) is 2.22. The number of methoxy groups -OCH3 is 1. The molecule has 1 amide bonds. The van der Waals surface area contributed by atoms with Crippen molar-refractivity contribution in [1.82, 2.24) is 0 Å². The van der Waals surface area contributed by atoms with E-state index in [-0.39, 0.29) is 11.6 Å². The number of ether oxygens (including phenoxy) is 1. The molecule has 0 radical (unpaired) electrons. The molecule has 0 aliphatic carbocycles. The summed E-state index contributed by atoms with van der Waals surface area (Å²) in [6.45, 7) is 7.63. The lowest BCUT2D eigenvalue weighted by atomic mass is 10.1. The van der Waals surface area contributed by atoms with Crippen LogP contribution in [-0.2, 0) is 9.53 Å². The van der Waals surface area contributed by atoms with Crippen molar-refractivity contribution in [2.45, 2.75) is 6.42 Å². The van der Waals surface area contributed by atoms with Crippen molar-refractivity contribution < 1.29 is 9.53 Å². The van der Waals surface area contributed by atoms with Crippen LogP contribution >= 0.6 is 22.6 Å². The maximum absolute atomic E-state index is 12.2. The van der Waals surface area contributed by atoms with Gasteiger partial charge in [-0.2, -0.15) is 0 Å². The van der Waals surface area contributed by atoms with Gasteiger partial charge in [0, 0.05) is 22.2 Å². The molecule has 1 aromatic carbocycles. The minimum Gasteiger partial charge on any atom is -0.512 e. The number of benzene rings is 1. The molecule has 0 N–H and O–H groups in total. The van der Waals surface area contributed by atoms with Crippen LogP contribution in [0.2, 0.25) is 0 Å². The standard InChI is InChI=1S/C13H11IN2O2/c1-15-12-11(18-2)7-8-16(13(12)17)10-5-3-9(14)4-6-10/h3-6H,7-8H2,2H3. The predicted octanol–water partition coefficient (Wildman–Crippen LogP) is 2.81. The number of hydrogen-bond donors (Lipinski definition) is 0. The van der Waals surface area contributed by atoms with Gasteiger partial charge in [-0.1, -0.05) is 0 Å². The smallest absolute Gasteiger partial charge is 0.287 e. The summed E-state index contributed by atoms with van der Waals surface area (Å²) in [7, 11) is 1.49. The van der Waals surface area contributed by atoms with E-state index in [9.17, 15) is 4.79 Å². The van der Waals surface area contributed by atoms with E-state index in [2.05, 4.69) is 27.4 Å². The zero-order valence-electron chi connectivity index (χ0n) is 9.81. The highest BCUT2D eigenvalue weighted by Gasteiger charge is 2.29. The second kappa shape index (κ2) is 5.40. The first kappa shape index (κ1) is 12.9. The molecule has 4 nitrogen and oxygen atoms in total. The van der Waals surface area contributed by atoms with Crippen molar-refractivity contribution in [3.8, 4) is 0 Å². The average molecular weight is 354 g/mol. The molecule has 0 bridgehead atoms. The molecule has 1 aliphatic rings. The Morgan fingerprint density at radius 3 is 2.61 bits per heavy atom. The summed E-state index contributed by atoms with van der Waals surface area (Å²) < 4.78 is 6.20. The molecular weight excluding hydrogens is 343 g/mol. The minimum absolute atomic E-state index is 0.0855. The highest BCUT2D eigenvalue weighted by Crippen LogP contribution is 2.26. The van der Waals surface area contributed by atoms with Crippen molar-refractivity contribution in [1.29, 1.82) is 0 Å². The van der Waals surface area contributed by atoms with Crippen LogP contribution in [0.5, 0.6) is 0 Å². The van der Waals surface area contributed by atoms with E-state index in [0.29, 0.717) is 18.7 Å². The van der Waals surface area contributed by atoms with Crippen molar-refractivity contribution in [3.05, 3.63) is 50.7 Å². The van der Waals surface area contributed by atoms with Crippen LogP contribution in [0.4, 0.5) is 5.69 Å². The van der Waals surface area contributed by atoms with Gasteiger partial charge in [-0.15, -0.1) is 0 Å². The first-order valence-electron chi connectivity index (χ1n) is 5.39. The fraction of sp³-hybridized carbons (Fsp3) is 0.231. The number of carbonyl (C=O) groups excluding carboxylic acids is 1. The predicted molar refractivity (Wildman–Crippen MR) is 76.8 cm³/mol. The molecule has 2 rings (SSSR count). The minimum atomic E-state index is -0.283. The highest BCUT2D eigenvalue weighted by atomic mass is 127. The van der Waals surface area contributed by atoms with Gasteiger partial charge >= 0.3 is 0 Å². The van der Waals surface area contributed by atoms with E-state index in [1.807, 2.05) is 24.3 Å². The Labute approximate surface area is 119 Å². The average Bonchev–Trinajstić information content (AvgIpc) is 2.39. The second-order valence-corrected chi connectivity index (χ2v) is 5.02.